The van der Waals surface area contributed by atoms with Crippen molar-refractivity contribution in [2.75, 3.05) is 0 Å². The average Bonchev–Trinajstić information content (AvgIpc) is 2.08. The first-order valence-electron chi connectivity index (χ1n) is 3.72. The second kappa shape index (κ2) is 4.36. The molecule has 0 atom stereocenters. The standard InChI is InChI=1S/C9H8INO2/c1-2-3-7-6-8(11(12)13)4-5-9(7)10/h2-6H,1H3/b3-2-. The number of nitrogens with zero attached hydrogens (tertiary/aromatic N) is 1. The number of hydrogen-bond donors (Lipinski definition) is 0. The molecule has 3 nitrogen and oxygen atoms in total. The number of non-ortho nitro benzene ring substituents is 1. The third-order valence-corrected chi connectivity index (χ3v) is 2.52. The normalized spacial score (nSPS) is 10.6. The minimum atomic E-state index is -0.386. The molecule has 0 fully saturated rings. The minimum absolute atomic E-state index is 0.133. The smallest absolute Gasteiger partial charge is 0.258 e. The molecule has 1 aromatic rings. The van der Waals surface area contributed by atoms with Gasteiger partial charge in [0, 0.05) is 15.7 Å². The van der Waals surface area contributed by atoms with E-state index in [1.165, 1.54) is 6.07 Å². The van der Waals surface area contributed by atoms with E-state index >= 15 is 0 Å². The summed E-state index contributed by atoms with van der Waals surface area (Å²) in [5.41, 5.74) is 1.02. The molecule has 0 spiro atoms. The predicted octanol–water partition coefficient (Wildman–Crippen LogP) is 3.23. The van der Waals surface area contributed by atoms with Crippen LogP contribution in [0.25, 0.3) is 6.08 Å². The lowest BCUT2D eigenvalue weighted by Crippen LogP contribution is -1.89. The highest BCUT2D eigenvalue weighted by Gasteiger charge is 2.06. The van der Waals surface area contributed by atoms with Crippen LogP contribution in [0.4, 0.5) is 5.69 Å². The highest BCUT2D eigenvalue weighted by atomic mass is 127. The van der Waals surface area contributed by atoms with E-state index in [2.05, 4.69) is 22.6 Å². The van der Waals surface area contributed by atoms with E-state index in [0.29, 0.717) is 0 Å². The summed E-state index contributed by atoms with van der Waals surface area (Å²) in [4.78, 5) is 10.1. The summed E-state index contributed by atoms with van der Waals surface area (Å²) in [7, 11) is 0. The van der Waals surface area contributed by atoms with Gasteiger partial charge in [0.05, 0.1) is 4.92 Å². The van der Waals surface area contributed by atoms with Crippen LogP contribution in [-0.2, 0) is 0 Å². The van der Waals surface area contributed by atoms with E-state index in [4.69, 9.17) is 0 Å². The fourth-order valence-corrected chi connectivity index (χ4v) is 1.47. The van der Waals surface area contributed by atoms with E-state index in [9.17, 15) is 10.1 Å². The molecule has 0 saturated heterocycles. The maximum atomic E-state index is 10.4. The monoisotopic (exact) mass is 289 g/mol. The van der Waals surface area contributed by atoms with Crippen molar-refractivity contribution >= 4 is 34.4 Å². The van der Waals surface area contributed by atoms with Gasteiger partial charge in [-0.25, -0.2) is 0 Å². The predicted molar refractivity (Wildman–Crippen MR) is 60.5 cm³/mol. The molecule has 0 radical (unpaired) electrons. The average molecular weight is 289 g/mol. The first-order valence-corrected chi connectivity index (χ1v) is 4.79. The number of nitro benzene ring substituents is 1. The summed E-state index contributed by atoms with van der Waals surface area (Å²) >= 11 is 2.15. The van der Waals surface area contributed by atoms with Gasteiger partial charge < -0.3 is 0 Å². The third kappa shape index (κ3) is 2.51. The molecule has 0 unspecified atom stereocenters. The van der Waals surface area contributed by atoms with Crippen molar-refractivity contribution in [2.24, 2.45) is 0 Å². The molecule has 0 aromatic heterocycles. The molecule has 0 N–H and O–H groups in total. The van der Waals surface area contributed by atoms with Gasteiger partial charge in [-0.2, -0.15) is 0 Å². The number of allylic oxidation sites excluding steroid dienone is 1. The summed E-state index contributed by atoms with van der Waals surface area (Å²) in [6.45, 7) is 1.88. The van der Waals surface area contributed by atoms with E-state index in [-0.39, 0.29) is 10.6 Å². The number of hydrogen-bond acceptors (Lipinski definition) is 2. The van der Waals surface area contributed by atoms with Crippen LogP contribution < -0.4 is 0 Å². The maximum absolute atomic E-state index is 10.4. The molecule has 0 saturated carbocycles. The van der Waals surface area contributed by atoms with Gasteiger partial charge in [0.2, 0.25) is 0 Å². The van der Waals surface area contributed by atoms with Crippen LogP contribution in [0, 0.1) is 13.7 Å². The minimum Gasteiger partial charge on any atom is -0.258 e. The van der Waals surface area contributed by atoms with Gasteiger partial charge in [-0.1, -0.05) is 12.2 Å². The van der Waals surface area contributed by atoms with Gasteiger partial charge in [0.15, 0.2) is 0 Å². The fourth-order valence-electron chi connectivity index (χ4n) is 0.952. The van der Waals surface area contributed by atoms with E-state index in [1.807, 2.05) is 19.1 Å². The van der Waals surface area contributed by atoms with Gasteiger partial charge in [-0.05, 0) is 41.1 Å². The van der Waals surface area contributed by atoms with E-state index in [0.717, 1.165) is 9.13 Å². The third-order valence-electron chi connectivity index (χ3n) is 1.54. The topological polar surface area (TPSA) is 43.1 Å². The lowest BCUT2D eigenvalue weighted by Gasteiger charge is -1.97. The van der Waals surface area contributed by atoms with Crippen LogP contribution in [0.2, 0.25) is 0 Å². The van der Waals surface area contributed by atoms with Gasteiger partial charge in [0.25, 0.3) is 5.69 Å². The Balaban J connectivity index is 3.18. The first-order chi connectivity index (χ1) is 6.15. The summed E-state index contributed by atoms with van der Waals surface area (Å²) < 4.78 is 1.02. The molecule has 1 aromatic carbocycles. The van der Waals surface area contributed by atoms with Gasteiger partial charge >= 0.3 is 0 Å². The Morgan fingerprint density at radius 1 is 1.54 bits per heavy atom. The highest BCUT2D eigenvalue weighted by molar-refractivity contribution is 14.1. The molecule has 0 aliphatic heterocycles. The van der Waals surface area contributed by atoms with Gasteiger partial charge in [-0.15, -0.1) is 0 Å². The second-order valence-electron chi connectivity index (χ2n) is 2.46. The van der Waals surface area contributed by atoms with Crippen molar-refractivity contribution in [3.05, 3.63) is 43.5 Å². The van der Waals surface area contributed by atoms with Gasteiger partial charge in [-0.3, -0.25) is 10.1 Å². The van der Waals surface area contributed by atoms with Crippen molar-refractivity contribution in [1.29, 1.82) is 0 Å². The van der Waals surface area contributed by atoms with Crippen molar-refractivity contribution in [3.8, 4) is 0 Å². The Morgan fingerprint density at radius 3 is 2.77 bits per heavy atom. The maximum Gasteiger partial charge on any atom is 0.270 e. The number of rotatable bonds is 2. The Morgan fingerprint density at radius 2 is 2.23 bits per heavy atom. The van der Waals surface area contributed by atoms with Crippen LogP contribution >= 0.6 is 22.6 Å². The van der Waals surface area contributed by atoms with Gasteiger partial charge in [0.1, 0.15) is 0 Å². The van der Waals surface area contributed by atoms with Crippen molar-refractivity contribution in [2.45, 2.75) is 6.92 Å². The SMILES string of the molecule is C/C=C\c1cc([N+](=O)[O-])ccc1I. The second-order valence-corrected chi connectivity index (χ2v) is 3.63. The quantitative estimate of drug-likeness (QED) is 0.476. The molecule has 0 heterocycles. The van der Waals surface area contributed by atoms with E-state index < -0.39 is 0 Å². The number of halogens is 1. The van der Waals surface area contributed by atoms with Crippen molar-refractivity contribution < 1.29 is 4.92 Å². The van der Waals surface area contributed by atoms with E-state index in [1.54, 1.807) is 12.1 Å². The fraction of sp³-hybridized carbons (Fsp3) is 0.111. The summed E-state index contributed by atoms with van der Waals surface area (Å²) in [5, 5.41) is 10.4. The van der Waals surface area contributed by atoms with Crippen molar-refractivity contribution in [1.82, 2.24) is 0 Å². The molecule has 0 bridgehead atoms. The van der Waals surface area contributed by atoms with Crippen LogP contribution in [-0.4, -0.2) is 4.92 Å². The Labute approximate surface area is 89.8 Å². The Kier molecular flexibility index (Phi) is 3.41. The lowest BCUT2D eigenvalue weighted by molar-refractivity contribution is -0.384. The van der Waals surface area contributed by atoms with Crippen molar-refractivity contribution in [3.63, 3.8) is 0 Å². The summed E-state index contributed by atoms with van der Waals surface area (Å²) in [6, 6.07) is 4.82. The van der Waals surface area contributed by atoms with Crippen LogP contribution in [0.15, 0.2) is 24.3 Å². The highest BCUT2D eigenvalue weighted by Crippen LogP contribution is 2.20. The zero-order chi connectivity index (χ0) is 9.84. The molecule has 0 aliphatic carbocycles. The first kappa shape index (κ1) is 10.2. The largest absolute Gasteiger partial charge is 0.270 e. The molecule has 4 heteroatoms. The number of nitro groups is 1. The molecular weight excluding hydrogens is 281 g/mol. The molecule has 0 amide bonds. The molecule has 68 valence electrons. The molecular formula is C9H8INO2. The van der Waals surface area contributed by atoms with Crippen LogP contribution in [0.1, 0.15) is 12.5 Å². The summed E-state index contributed by atoms with van der Waals surface area (Å²) in [5.74, 6) is 0. The number of benzene rings is 1. The summed E-state index contributed by atoms with van der Waals surface area (Å²) in [6.07, 6.45) is 3.72. The van der Waals surface area contributed by atoms with Crippen LogP contribution in [0.3, 0.4) is 0 Å². The lowest BCUT2D eigenvalue weighted by atomic mass is 10.2. The zero-order valence-corrected chi connectivity index (χ0v) is 9.19. The Bertz CT molecular complexity index is 361. The zero-order valence-electron chi connectivity index (χ0n) is 7.03. The molecule has 13 heavy (non-hydrogen) atoms. The Hall–Kier alpha value is -0.910. The molecule has 0 aliphatic rings. The molecule has 1 rings (SSSR count). The van der Waals surface area contributed by atoms with Crippen LogP contribution in [0.5, 0.6) is 0 Å².